The molecular weight excluding hydrogens is 298 g/mol. The van der Waals surface area contributed by atoms with Crippen LogP contribution in [0.25, 0.3) is 11.3 Å². The van der Waals surface area contributed by atoms with Crippen LogP contribution in [0.2, 0.25) is 0 Å². The van der Waals surface area contributed by atoms with Crippen LogP contribution >= 0.6 is 0 Å². The first-order chi connectivity index (χ1) is 11.8. The number of nitrogens with zero attached hydrogens (tertiary/aromatic N) is 1. The van der Waals surface area contributed by atoms with Gasteiger partial charge in [-0.3, -0.25) is 0 Å². The minimum absolute atomic E-state index is 0.388. The van der Waals surface area contributed by atoms with Crippen LogP contribution in [0.5, 0.6) is 0 Å². The maximum atomic E-state index is 5.55. The molecule has 2 heterocycles. The summed E-state index contributed by atoms with van der Waals surface area (Å²) in [5.41, 5.74) is 9.72. The molecule has 0 bridgehead atoms. The van der Waals surface area contributed by atoms with Crippen LogP contribution in [0.1, 0.15) is 30.0 Å². The molecule has 0 spiro atoms. The molecule has 1 saturated heterocycles. The number of hydrogen-bond acceptors (Lipinski definition) is 4. The van der Waals surface area contributed by atoms with E-state index in [-0.39, 0.29) is 0 Å². The van der Waals surface area contributed by atoms with Gasteiger partial charge in [0.2, 0.25) is 5.88 Å². The number of rotatable bonds is 2. The number of anilines is 1. The van der Waals surface area contributed by atoms with Crippen LogP contribution in [-0.2, 0) is 0 Å². The molecule has 3 N–H and O–H groups in total. The molecule has 1 fully saturated rings. The first-order valence-corrected chi connectivity index (χ1v) is 8.31. The van der Waals surface area contributed by atoms with Crippen LogP contribution in [0.3, 0.4) is 0 Å². The van der Waals surface area contributed by atoms with Crippen LogP contribution in [0.15, 0.2) is 65.2 Å². The number of benzene rings is 2. The molecule has 0 radical (unpaired) electrons. The van der Waals surface area contributed by atoms with Crippen molar-refractivity contribution in [3.63, 3.8) is 0 Å². The fourth-order valence-electron chi connectivity index (χ4n) is 2.87. The van der Waals surface area contributed by atoms with Crippen molar-refractivity contribution in [2.45, 2.75) is 25.8 Å². The molecule has 4 heteroatoms. The highest BCUT2D eigenvalue weighted by molar-refractivity contribution is 5.66. The lowest BCUT2D eigenvalue weighted by atomic mass is 10.1. The van der Waals surface area contributed by atoms with Crippen LogP contribution in [0, 0.1) is 6.92 Å². The molecule has 0 saturated carbocycles. The Morgan fingerprint density at radius 2 is 1.71 bits per heavy atom. The third-order valence-electron chi connectivity index (χ3n) is 4.27. The van der Waals surface area contributed by atoms with Crippen LogP contribution < -0.4 is 11.1 Å². The smallest absolute Gasteiger partial charge is 0.225 e. The number of aromatic nitrogens is 1. The van der Waals surface area contributed by atoms with Crippen molar-refractivity contribution in [1.82, 2.24) is 10.5 Å². The van der Waals surface area contributed by atoms with Crippen molar-refractivity contribution in [1.29, 1.82) is 0 Å². The maximum Gasteiger partial charge on any atom is 0.225 e. The summed E-state index contributed by atoms with van der Waals surface area (Å²) in [6.45, 7) is 3.08. The van der Waals surface area contributed by atoms with Gasteiger partial charge in [-0.1, -0.05) is 65.8 Å². The second-order valence-corrected chi connectivity index (χ2v) is 5.95. The Bertz CT molecular complexity index is 747. The molecule has 124 valence electrons. The monoisotopic (exact) mass is 321 g/mol. The fourth-order valence-corrected chi connectivity index (χ4v) is 2.87. The van der Waals surface area contributed by atoms with Gasteiger partial charge >= 0.3 is 0 Å². The third kappa shape index (κ3) is 3.84. The number of nitrogens with two attached hydrogens (primary N) is 1. The summed E-state index contributed by atoms with van der Waals surface area (Å²) in [5, 5.41) is 7.36. The van der Waals surface area contributed by atoms with Crippen molar-refractivity contribution in [2.75, 3.05) is 12.3 Å². The number of nitrogens with one attached hydrogen (secondary N) is 1. The molecule has 2 aromatic carbocycles. The van der Waals surface area contributed by atoms with E-state index in [2.05, 4.69) is 40.8 Å². The summed E-state index contributed by atoms with van der Waals surface area (Å²) in [5.74, 6) is 0.388. The lowest BCUT2D eigenvalue weighted by Gasteiger charge is -2.08. The van der Waals surface area contributed by atoms with E-state index in [1.54, 1.807) is 0 Å². The molecule has 1 aliphatic rings. The largest absolute Gasteiger partial charge is 0.367 e. The van der Waals surface area contributed by atoms with Gasteiger partial charge in [0, 0.05) is 17.2 Å². The second kappa shape index (κ2) is 7.79. The van der Waals surface area contributed by atoms with E-state index in [4.69, 9.17) is 10.3 Å². The van der Waals surface area contributed by atoms with Gasteiger partial charge in [-0.2, -0.15) is 0 Å². The average molecular weight is 321 g/mol. The van der Waals surface area contributed by atoms with Gasteiger partial charge in [0.15, 0.2) is 0 Å². The van der Waals surface area contributed by atoms with E-state index in [1.165, 1.54) is 24.9 Å². The minimum Gasteiger partial charge on any atom is -0.367 e. The van der Waals surface area contributed by atoms with Gasteiger partial charge in [-0.05, 0) is 31.9 Å². The van der Waals surface area contributed by atoms with E-state index >= 15 is 0 Å². The standard InChI is InChI=1S/C10H10N2O.C10H13N/c1-7-9(12-13-10(7)11)8-5-3-2-4-6-8;1-2-5-9(6-3-1)10-7-4-8-11-10/h2-6H,11H2,1H3;1-3,5-6,10-11H,4,7-8H2/t;10-/m.0/s1. The Balaban J connectivity index is 0.000000143. The average Bonchev–Trinajstić information content (AvgIpc) is 3.28. The normalized spacial score (nSPS) is 16.5. The second-order valence-electron chi connectivity index (χ2n) is 5.95. The molecule has 24 heavy (non-hydrogen) atoms. The van der Waals surface area contributed by atoms with Crippen LogP contribution in [-0.4, -0.2) is 11.7 Å². The first kappa shape index (κ1) is 16.3. The summed E-state index contributed by atoms with van der Waals surface area (Å²) < 4.78 is 4.88. The Kier molecular flexibility index (Phi) is 5.29. The molecule has 4 rings (SSSR count). The minimum atomic E-state index is 0.388. The van der Waals surface area contributed by atoms with E-state index in [0.717, 1.165) is 16.8 Å². The first-order valence-electron chi connectivity index (χ1n) is 8.31. The zero-order chi connectivity index (χ0) is 16.8. The Labute approximate surface area is 142 Å². The number of hydrogen-bond donors (Lipinski definition) is 2. The molecule has 3 aromatic rings. The molecule has 4 nitrogen and oxygen atoms in total. The highest BCUT2D eigenvalue weighted by Gasteiger charge is 2.14. The SMILES string of the molecule is Cc1c(-c2ccccc2)noc1N.c1ccc([C@@H]2CCCN2)cc1. The molecule has 0 unspecified atom stereocenters. The van der Waals surface area contributed by atoms with Gasteiger partial charge in [0.25, 0.3) is 0 Å². The van der Waals surface area contributed by atoms with Gasteiger partial charge in [-0.25, -0.2) is 0 Å². The van der Waals surface area contributed by atoms with Crippen molar-refractivity contribution in [3.05, 3.63) is 71.8 Å². The molecule has 0 amide bonds. The Morgan fingerprint density at radius 1 is 1.04 bits per heavy atom. The van der Waals surface area contributed by atoms with Crippen molar-refractivity contribution < 1.29 is 4.52 Å². The highest BCUT2D eigenvalue weighted by atomic mass is 16.5. The predicted molar refractivity (Wildman–Crippen MR) is 97.5 cm³/mol. The van der Waals surface area contributed by atoms with E-state index in [9.17, 15) is 0 Å². The van der Waals surface area contributed by atoms with Crippen molar-refractivity contribution in [2.24, 2.45) is 0 Å². The lowest BCUT2D eigenvalue weighted by molar-refractivity contribution is 0.439. The van der Waals surface area contributed by atoms with Gasteiger partial charge in [0.05, 0.1) is 0 Å². The summed E-state index contributed by atoms with van der Waals surface area (Å²) in [6, 6.07) is 21.1. The predicted octanol–water partition coefficient (Wildman–Crippen LogP) is 4.34. The molecule has 0 aliphatic carbocycles. The van der Waals surface area contributed by atoms with Gasteiger partial charge in [0.1, 0.15) is 5.69 Å². The summed E-state index contributed by atoms with van der Waals surface area (Å²) >= 11 is 0. The highest BCUT2D eigenvalue weighted by Crippen LogP contribution is 2.25. The molecular formula is C20H23N3O. The van der Waals surface area contributed by atoms with E-state index < -0.39 is 0 Å². The third-order valence-corrected chi connectivity index (χ3v) is 4.27. The summed E-state index contributed by atoms with van der Waals surface area (Å²) in [4.78, 5) is 0. The van der Waals surface area contributed by atoms with Crippen molar-refractivity contribution >= 4 is 5.88 Å². The molecule has 1 atom stereocenters. The lowest BCUT2D eigenvalue weighted by Crippen LogP contribution is -2.12. The van der Waals surface area contributed by atoms with E-state index in [1.807, 2.05) is 37.3 Å². The fraction of sp³-hybridized carbons (Fsp3) is 0.250. The van der Waals surface area contributed by atoms with Gasteiger partial charge < -0.3 is 15.6 Å². The Morgan fingerprint density at radius 3 is 2.25 bits per heavy atom. The van der Waals surface area contributed by atoms with Gasteiger partial charge in [-0.15, -0.1) is 0 Å². The maximum absolute atomic E-state index is 5.55. The number of nitrogen functional groups attached to an aromatic ring is 1. The topological polar surface area (TPSA) is 64.1 Å². The quantitative estimate of drug-likeness (QED) is 0.737. The van der Waals surface area contributed by atoms with Crippen LogP contribution in [0.4, 0.5) is 5.88 Å². The van der Waals surface area contributed by atoms with E-state index in [0.29, 0.717) is 11.9 Å². The Hall–Kier alpha value is -2.59. The summed E-state index contributed by atoms with van der Waals surface area (Å²) in [6.07, 6.45) is 2.61. The molecule has 1 aliphatic heterocycles. The zero-order valence-electron chi connectivity index (χ0n) is 13.9. The zero-order valence-corrected chi connectivity index (χ0v) is 13.9. The molecule has 1 aromatic heterocycles. The van der Waals surface area contributed by atoms with Crippen molar-refractivity contribution in [3.8, 4) is 11.3 Å². The summed E-state index contributed by atoms with van der Waals surface area (Å²) in [7, 11) is 0.